The Bertz CT molecular complexity index is 619. The molecule has 2 aromatic carbocycles. The SMILES string of the molecule is CNC(c1ccc(F)cc1Cl)c1cc(Cl)ccc1OC. The summed E-state index contributed by atoms with van der Waals surface area (Å²) in [5.41, 5.74) is 1.60. The van der Waals surface area contributed by atoms with Crippen molar-refractivity contribution in [1.82, 2.24) is 5.32 Å². The Kier molecular flexibility index (Phi) is 4.86. The molecular weight excluding hydrogens is 300 g/mol. The molecule has 0 saturated heterocycles. The Morgan fingerprint density at radius 2 is 1.85 bits per heavy atom. The van der Waals surface area contributed by atoms with Crippen molar-refractivity contribution < 1.29 is 9.13 Å². The van der Waals surface area contributed by atoms with Crippen LogP contribution in [0.2, 0.25) is 10.0 Å². The second kappa shape index (κ2) is 6.44. The van der Waals surface area contributed by atoms with E-state index in [-0.39, 0.29) is 11.9 Å². The summed E-state index contributed by atoms with van der Waals surface area (Å²) in [4.78, 5) is 0. The van der Waals surface area contributed by atoms with E-state index in [1.54, 1.807) is 38.4 Å². The molecule has 0 aliphatic carbocycles. The minimum atomic E-state index is -0.369. The van der Waals surface area contributed by atoms with E-state index in [2.05, 4.69) is 5.32 Å². The Balaban J connectivity index is 2.54. The van der Waals surface area contributed by atoms with Crippen LogP contribution < -0.4 is 10.1 Å². The van der Waals surface area contributed by atoms with E-state index in [0.29, 0.717) is 15.8 Å². The second-order valence-corrected chi connectivity index (χ2v) is 5.12. The summed E-state index contributed by atoms with van der Waals surface area (Å²) < 4.78 is 18.5. The fraction of sp³-hybridized carbons (Fsp3) is 0.200. The minimum Gasteiger partial charge on any atom is -0.496 e. The fourth-order valence-electron chi connectivity index (χ4n) is 2.14. The Labute approximate surface area is 127 Å². The van der Waals surface area contributed by atoms with E-state index >= 15 is 0 Å². The summed E-state index contributed by atoms with van der Waals surface area (Å²) in [6.45, 7) is 0. The predicted octanol–water partition coefficient (Wildman–Crippen LogP) is 4.45. The van der Waals surface area contributed by atoms with Crippen molar-refractivity contribution in [1.29, 1.82) is 0 Å². The van der Waals surface area contributed by atoms with Gasteiger partial charge in [-0.3, -0.25) is 0 Å². The molecule has 0 aromatic heterocycles. The number of nitrogens with one attached hydrogen (secondary N) is 1. The topological polar surface area (TPSA) is 21.3 Å². The van der Waals surface area contributed by atoms with Crippen LogP contribution in [0.5, 0.6) is 5.75 Å². The number of hydrogen-bond acceptors (Lipinski definition) is 2. The number of hydrogen-bond donors (Lipinski definition) is 1. The van der Waals surface area contributed by atoms with Crippen LogP contribution in [0.25, 0.3) is 0 Å². The van der Waals surface area contributed by atoms with Crippen LogP contribution in [0.1, 0.15) is 17.2 Å². The van der Waals surface area contributed by atoms with E-state index in [1.165, 1.54) is 12.1 Å². The number of halogens is 3. The van der Waals surface area contributed by atoms with Gasteiger partial charge >= 0.3 is 0 Å². The van der Waals surface area contributed by atoms with Gasteiger partial charge in [0.2, 0.25) is 0 Å². The van der Waals surface area contributed by atoms with Crippen molar-refractivity contribution in [3.63, 3.8) is 0 Å². The highest BCUT2D eigenvalue weighted by molar-refractivity contribution is 6.31. The fourth-order valence-corrected chi connectivity index (χ4v) is 2.60. The molecule has 20 heavy (non-hydrogen) atoms. The highest BCUT2D eigenvalue weighted by atomic mass is 35.5. The summed E-state index contributed by atoms with van der Waals surface area (Å²) >= 11 is 12.2. The Morgan fingerprint density at radius 1 is 1.10 bits per heavy atom. The van der Waals surface area contributed by atoms with E-state index < -0.39 is 0 Å². The molecular formula is C15H14Cl2FNO. The number of methoxy groups -OCH3 is 1. The molecule has 0 radical (unpaired) electrons. The van der Waals surface area contributed by atoms with Gasteiger partial charge in [0, 0.05) is 15.6 Å². The van der Waals surface area contributed by atoms with Crippen LogP contribution in [0.4, 0.5) is 4.39 Å². The summed E-state index contributed by atoms with van der Waals surface area (Å²) in [5, 5.41) is 4.10. The molecule has 0 amide bonds. The van der Waals surface area contributed by atoms with E-state index in [9.17, 15) is 4.39 Å². The number of rotatable bonds is 4. The van der Waals surface area contributed by atoms with Crippen LogP contribution in [0.3, 0.4) is 0 Å². The molecule has 2 aromatic rings. The molecule has 106 valence electrons. The van der Waals surface area contributed by atoms with Crippen molar-refractivity contribution in [2.24, 2.45) is 0 Å². The van der Waals surface area contributed by atoms with Crippen LogP contribution >= 0.6 is 23.2 Å². The first-order chi connectivity index (χ1) is 9.56. The van der Waals surface area contributed by atoms with E-state index in [0.717, 1.165) is 11.1 Å². The molecule has 0 saturated carbocycles. The summed E-state index contributed by atoms with van der Waals surface area (Å²) in [5.74, 6) is 0.320. The highest BCUT2D eigenvalue weighted by Gasteiger charge is 2.19. The average Bonchev–Trinajstić information content (AvgIpc) is 2.42. The molecule has 1 unspecified atom stereocenters. The first-order valence-corrected chi connectivity index (χ1v) is 6.78. The Morgan fingerprint density at radius 3 is 2.45 bits per heavy atom. The van der Waals surface area contributed by atoms with E-state index in [4.69, 9.17) is 27.9 Å². The molecule has 2 nitrogen and oxygen atoms in total. The molecule has 0 aliphatic rings. The first kappa shape index (κ1) is 15.1. The van der Waals surface area contributed by atoms with Gasteiger partial charge in [-0.2, -0.15) is 0 Å². The maximum Gasteiger partial charge on any atom is 0.124 e. The molecule has 0 aliphatic heterocycles. The van der Waals surface area contributed by atoms with Gasteiger partial charge in [-0.1, -0.05) is 29.3 Å². The monoisotopic (exact) mass is 313 g/mol. The maximum atomic E-state index is 13.2. The molecule has 0 spiro atoms. The zero-order valence-corrected chi connectivity index (χ0v) is 12.6. The van der Waals surface area contributed by atoms with Crippen molar-refractivity contribution in [3.8, 4) is 5.75 Å². The third-order valence-corrected chi connectivity index (χ3v) is 3.63. The zero-order chi connectivity index (χ0) is 14.7. The second-order valence-electron chi connectivity index (χ2n) is 4.27. The molecule has 0 heterocycles. The summed E-state index contributed by atoms with van der Waals surface area (Å²) in [6.07, 6.45) is 0. The molecule has 1 atom stereocenters. The van der Waals surface area contributed by atoms with Crippen LogP contribution in [0.15, 0.2) is 36.4 Å². The van der Waals surface area contributed by atoms with Gasteiger partial charge in [0.1, 0.15) is 11.6 Å². The van der Waals surface area contributed by atoms with Crippen molar-refractivity contribution in [2.75, 3.05) is 14.2 Å². The van der Waals surface area contributed by atoms with Crippen LogP contribution in [-0.4, -0.2) is 14.2 Å². The smallest absolute Gasteiger partial charge is 0.124 e. The zero-order valence-electron chi connectivity index (χ0n) is 11.1. The van der Waals surface area contributed by atoms with Crippen LogP contribution in [-0.2, 0) is 0 Å². The molecule has 2 rings (SSSR count). The molecule has 0 fully saturated rings. The maximum absolute atomic E-state index is 13.2. The molecule has 5 heteroatoms. The van der Waals surface area contributed by atoms with Gasteiger partial charge in [-0.05, 0) is 42.9 Å². The van der Waals surface area contributed by atoms with E-state index in [1.807, 2.05) is 0 Å². The van der Waals surface area contributed by atoms with Gasteiger partial charge in [0.15, 0.2) is 0 Å². The highest BCUT2D eigenvalue weighted by Crippen LogP contribution is 2.35. The predicted molar refractivity (Wildman–Crippen MR) is 80.3 cm³/mol. The van der Waals surface area contributed by atoms with Gasteiger partial charge in [0.25, 0.3) is 0 Å². The van der Waals surface area contributed by atoms with Crippen molar-refractivity contribution in [3.05, 3.63) is 63.4 Å². The third-order valence-electron chi connectivity index (χ3n) is 3.06. The van der Waals surface area contributed by atoms with Gasteiger partial charge in [-0.25, -0.2) is 4.39 Å². The lowest BCUT2D eigenvalue weighted by atomic mass is 9.98. The van der Waals surface area contributed by atoms with Gasteiger partial charge < -0.3 is 10.1 Å². The quantitative estimate of drug-likeness (QED) is 0.900. The van der Waals surface area contributed by atoms with Crippen LogP contribution in [0, 0.1) is 5.82 Å². The molecule has 0 bridgehead atoms. The lowest BCUT2D eigenvalue weighted by Gasteiger charge is -2.21. The third kappa shape index (κ3) is 3.06. The van der Waals surface area contributed by atoms with Crippen molar-refractivity contribution in [2.45, 2.75) is 6.04 Å². The van der Waals surface area contributed by atoms with Crippen molar-refractivity contribution >= 4 is 23.2 Å². The van der Waals surface area contributed by atoms with Gasteiger partial charge in [-0.15, -0.1) is 0 Å². The minimum absolute atomic E-state index is 0.239. The lowest BCUT2D eigenvalue weighted by Crippen LogP contribution is -2.19. The number of benzene rings is 2. The molecule has 1 N–H and O–H groups in total. The number of ether oxygens (including phenoxy) is 1. The van der Waals surface area contributed by atoms with Gasteiger partial charge in [0.05, 0.1) is 13.2 Å². The Hall–Kier alpha value is -1.29. The lowest BCUT2D eigenvalue weighted by molar-refractivity contribution is 0.405. The summed E-state index contributed by atoms with van der Waals surface area (Å²) in [7, 11) is 3.39. The first-order valence-electron chi connectivity index (χ1n) is 6.02. The summed E-state index contributed by atoms with van der Waals surface area (Å²) in [6, 6.07) is 9.43. The standard InChI is InChI=1S/C15H14Cl2FNO/c1-19-15(11-5-4-10(18)8-13(11)17)12-7-9(16)3-6-14(12)20-2/h3-8,15,19H,1-2H3. The normalized spacial score (nSPS) is 12.2. The largest absolute Gasteiger partial charge is 0.496 e. The average molecular weight is 314 g/mol.